The van der Waals surface area contributed by atoms with Crippen molar-refractivity contribution in [2.24, 2.45) is 16.8 Å². The van der Waals surface area contributed by atoms with E-state index in [4.69, 9.17) is 10.9 Å². The number of amidine groups is 1. The number of hydrogen-bond donors (Lipinski definition) is 3. The summed E-state index contributed by atoms with van der Waals surface area (Å²) in [5.74, 6) is 0.759. The molecule has 0 saturated carbocycles. The van der Waals surface area contributed by atoms with Crippen LogP contribution in [0.4, 0.5) is 0 Å². The van der Waals surface area contributed by atoms with Crippen LogP contribution in [0.25, 0.3) is 0 Å². The van der Waals surface area contributed by atoms with Gasteiger partial charge in [-0.3, -0.25) is 0 Å². The molecule has 0 rings (SSSR count). The van der Waals surface area contributed by atoms with E-state index in [1.54, 1.807) is 0 Å². The van der Waals surface area contributed by atoms with E-state index >= 15 is 0 Å². The Morgan fingerprint density at radius 3 is 2.31 bits per heavy atom. The highest BCUT2D eigenvalue weighted by Crippen LogP contribution is 2.05. The molecule has 0 saturated heterocycles. The molecule has 0 aromatic heterocycles. The fourth-order valence-corrected chi connectivity index (χ4v) is 1.59. The molecule has 0 aliphatic rings. The van der Waals surface area contributed by atoms with Crippen molar-refractivity contribution in [1.82, 2.24) is 10.2 Å². The van der Waals surface area contributed by atoms with Gasteiger partial charge in [0.2, 0.25) is 0 Å². The quantitative estimate of drug-likeness (QED) is 0.260. The second-order valence-corrected chi connectivity index (χ2v) is 4.77. The summed E-state index contributed by atoms with van der Waals surface area (Å²) in [6.07, 6.45) is 0.812. The first-order valence-electron chi connectivity index (χ1n) is 5.80. The van der Waals surface area contributed by atoms with Crippen molar-refractivity contribution in [2.75, 3.05) is 20.6 Å². The average Bonchev–Trinajstić information content (AvgIpc) is 2.22. The summed E-state index contributed by atoms with van der Waals surface area (Å²) in [5.41, 5.74) is 5.63. The molecular formula is C11H26N4O. The van der Waals surface area contributed by atoms with E-state index in [0.29, 0.717) is 12.0 Å². The summed E-state index contributed by atoms with van der Waals surface area (Å²) in [6, 6.07) is 0.276. The molecule has 0 fully saturated rings. The van der Waals surface area contributed by atoms with Gasteiger partial charge in [0.15, 0.2) is 5.84 Å². The zero-order chi connectivity index (χ0) is 12.7. The number of nitrogens with zero attached hydrogens (tertiary/aromatic N) is 2. The second-order valence-electron chi connectivity index (χ2n) is 4.77. The maximum absolute atomic E-state index is 8.68. The first-order valence-corrected chi connectivity index (χ1v) is 5.80. The molecule has 0 aliphatic carbocycles. The molecule has 0 aromatic rings. The lowest BCUT2D eigenvalue weighted by Gasteiger charge is -2.29. The van der Waals surface area contributed by atoms with Crippen LogP contribution in [-0.4, -0.2) is 48.7 Å². The lowest BCUT2D eigenvalue weighted by Crippen LogP contribution is -2.51. The lowest BCUT2D eigenvalue weighted by molar-refractivity contribution is 0.275. The first kappa shape index (κ1) is 15.2. The van der Waals surface area contributed by atoms with Gasteiger partial charge in [-0.25, -0.2) is 0 Å². The van der Waals surface area contributed by atoms with Gasteiger partial charge >= 0.3 is 0 Å². The minimum atomic E-state index is -0.0580. The topological polar surface area (TPSA) is 73.9 Å². The van der Waals surface area contributed by atoms with Gasteiger partial charge in [-0.05, 0) is 26.4 Å². The molecule has 0 heterocycles. The van der Waals surface area contributed by atoms with Gasteiger partial charge in [-0.1, -0.05) is 25.9 Å². The van der Waals surface area contributed by atoms with Crippen LogP contribution in [0.1, 0.15) is 27.2 Å². The van der Waals surface area contributed by atoms with Crippen molar-refractivity contribution in [3.05, 3.63) is 0 Å². The van der Waals surface area contributed by atoms with E-state index < -0.39 is 0 Å². The molecule has 16 heavy (non-hydrogen) atoms. The van der Waals surface area contributed by atoms with Crippen LogP contribution < -0.4 is 11.1 Å². The largest absolute Gasteiger partial charge is 0.409 e. The van der Waals surface area contributed by atoms with Gasteiger partial charge in [0, 0.05) is 12.6 Å². The molecule has 5 nitrogen and oxygen atoms in total. The monoisotopic (exact) mass is 230 g/mol. The summed E-state index contributed by atoms with van der Waals surface area (Å²) < 4.78 is 0. The predicted molar refractivity (Wildman–Crippen MR) is 67.8 cm³/mol. The highest BCUT2D eigenvalue weighted by molar-refractivity contribution is 5.85. The fraction of sp³-hybridized carbons (Fsp3) is 0.909. The van der Waals surface area contributed by atoms with Crippen LogP contribution in [0, 0.1) is 5.92 Å². The van der Waals surface area contributed by atoms with Crippen molar-refractivity contribution >= 4 is 5.84 Å². The molecule has 0 spiro atoms. The van der Waals surface area contributed by atoms with Crippen LogP contribution in [0.5, 0.6) is 0 Å². The van der Waals surface area contributed by atoms with Crippen LogP contribution in [-0.2, 0) is 0 Å². The second kappa shape index (κ2) is 7.46. The smallest absolute Gasteiger partial charge is 0.156 e. The van der Waals surface area contributed by atoms with Gasteiger partial charge in [0.25, 0.3) is 0 Å². The molecule has 2 unspecified atom stereocenters. The Morgan fingerprint density at radius 2 is 2.00 bits per heavy atom. The maximum Gasteiger partial charge on any atom is 0.156 e. The van der Waals surface area contributed by atoms with Crippen LogP contribution in [0.15, 0.2) is 5.16 Å². The lowest BCUT2D eigenvalue weighted by atomic mass is 10.0. The summed E-state index contributed by atoms with van der Waals surface area (Å²) in [4.78, 5) is 2.14. The predicted octanol–water partition coefficient (Wildman–Crippen LogP) is 0.687. The molecular weight excluding hydrogens is 204 g/mol. The van der Waals surface area contributed by atoms with Gasteiger partial charge in [-0.2, -0.15) is 0 Å². The maximum atomic E-state index is 8.68. The molecule has 4 N–H and O–H groups in total. The SMILES string of the molecule is CCC(NC(CN(C)C)C(C)C)C(N)=NO. The van der Waals surface area contributed by atoms with Crippen molar-refractivity contribution in [1.29, 1.82) is 0 Å². The third-order valence-electron chi connectivity index (χ3n) is 2.66. The molecule has 0 aromatic carbocycles. The van der Waals surface area contributed by atoms with Crippen molar-refractivity contribution in [3.8, 4) is 0 Å². The molecule has 0 amide bonds. The van der Waals surface area contributed by atoms with E-state index in [0.717, 1.165) is 13.0 Å². The normalized spacial score (nSPS) is 16.8. The number of likely N-dealkylation sites (N-methyl/N-ethyl adjacent to an activating group) is 1. The van der Waals surface area contributed by atoms with E-state index in [2.05, 4.69) is 29.2 Å². The Labute approximate surface area is 98.7 Å². The zero-order valence-corrected chi connectivity index (χ0v) is 11.1. The Morgan fingerprint density at radius 1 is 1.44 bits per heavy atom. The number of nitrogens with one attached hydrogen (secondary N) is 1. The van der Waals surface area contributed by atoms with E-state index in [-0.39, 0.29) is 11.9 Å². The third-order valence-corrected chi connectivity index (χ3v) is 2.66. The number of hydrogen-bond acceptors (Lipinski definition) is 4. The van der Waals surface area contributed by atoms with Gasteiger partial charge in [0.1, 0.15) is 0 Å². The number of rotatable bonds is 7. The van der Waals surface area contributed by atoms with E-state index in [1.165, 1.54) is 0 Å². The summed E-state index contributed by atoms with van der Waals surface area (Å²) in [7, 11) is 4.09. The highest BCUT2D eigenvalue weighted by Gasteiger charge is 2.20. The van der Waals surface area contributed by atoms with Crippen LogP contribution >= 0.6 is 0 Å². The van der Waals surface area contributed by atoms with Gasteiger partial charge < -0.3 is 21.2 Å². The highest BCUT2D eigenvalue weighted by atomic mass is 16.4. The number of oxime groups is 1. The standard InChI is InChI=1S/C11H26N4O/c1-6-9(11(12)14-16)13-10(8(2)3)7-15(4)5/h8-10,13,16H,6-7H2,1-5H3,(H2,12,14). The molecule has 0 radical (unpaired) electrons. The minimum Gasteiger partial charge on any atom is -0.409 e. The third kappa shape index (κ3) is 5.32. The molecule has 0 bridgehead atoms. The van der Waals surface area contributed by atoms with Crippen molar-refractivity contribution in [3.63, 3.8) is 0 Å². The van der Waals surface area contributed by atoms with Crippen molar-refractivity contribution < 1.29 is 5.21 Å². The van der Waals surface area contributed by atoms with Crippen molar-refractivity contribution in [2.45, 2.75) is 39.3 Å². The molecule has 2 atom stereocenters. The van der Waals surface area contributed by atoms with Crippen LogP contribution in [0.2, 0.25) is 0 Å². The fourth-order valence-electron chi connectivity index (χ4n) is 1.59. The molecule has 0 aliphatic heterocycles. The summed E-state index contributed by atoms with van der Waals surface area (Å²) in [5, 5.41) is 15.2. The van der Waals surface area contributed by atoms with Crippen LogP contribution in [0.3, 0.4) is 0 Å². The molecule has 96 valence electrons. The zero-order valence-electron chi connectivity index (χ0n) is 11.1. The summed E-state index contributed by atoms with van der Waals surface area (Å²) >= 11 is 0. The Hall–Kier alpha value is -0.810. The van der Waals surface area contributed by atoms with E-state index in [1.807, 2.05) is 21.0 Å². The van der Waals surface area contributed by atoms with Gasteiger partial charge in [-0.15, -0.1) is 0 Å². The molecule has 5 heteroatoms. The minimum absolute atomic E-state index is 0.0580. The number of nitrogens with two attached hydrogens (primary N) is 1. The Bertz CT molecular complexity index is 216. The first-order chi connectivity index (χ1) is 7.42. The van der Waals surface area contributed by atoms with E-state index in [9.17, 15) is 0 Å². The Kier molecular flexibility index (Phi) is 7.08. The summed E-state index contributed by atoms with van der Waals surface area (Å²) in [6.45, 7) is 7.29. The Balaban J connectivity index is 4.47. The van der Waals surface area contributed by atoms with Gasteiger partial charge in [0.05, 0.1) is 6.04 Å². The average molecular weight is 230 g/mol.